The lowest BCUT2D eigenvalue weighted by Crippen LogP contribution is -2.42. The van der Waals surface area contributed by atoms with Crippen LogP contribution in [-0.2, 0) is 18.9 Å². The number of rotatable bonds is 11. The number of hydrogen-bond donors (Lipinski definition) is 1. The van der Waals surface area contributed by atoms with Gasteiger partial charge >= 0.3 is 23.9 Å². The average molecular weight is 805 g/mol. The first kappa shape index (κ1) is 40.0. The zero-order valence-electron chi connectivity index (χ0n) is 26.7. The molecule has 2 atom stereocenters. The molecule has 5 rings (SSSR count). The molecule has 0 aromatic heterocycles. The van der Waals surface area contributed by atoms with E-state index in [2.05, 4.69) is 0 Å². The standard InChI is InChI=1S/C32H26O8.C6HCl5O/c33-29(23-13-5-1-6-14-23)37-21-27(39-31(35)25-17-9-3-10-18-25)28(40-32(36)26-19-11-4-12-20-26)22-38-30(34)24-15-7-2-8-16-24;7-1-2(8)4(10)6(12)5(11)3(1)9/h1-20,27-28H,21-22H2;12H/t27-,28+;. The van der Waals surface area contributed by atoms with Crippen LogP contribution in [0.2, 0.25) is 25.1 Å². The minimum Gasteiger partial charge on any atom is -0.505 e. The van der Waals surface area contributed by atoms with E-state index in [1.54, 1.807) is 121 Å². The molecule has 52 heavy (non-hydrogen) atoms. The summed E-state index contributed by atoms with van der Waals surface area (Å²) < 4.78 is 22.2. The van der Waals surface area contributed by atoms with Crippen LogP contribution in [0.5, 0.6) is 5.75 Å². The second-order valence-corrected chi connectivity index (χ2v) is 12.4. The summed E-state index contributed by atoms with van der Waals surface area (Å²) in [5.41, 5.74) is 1.03. The van der Waals surface area contributed by atoms with Gasteiger partial charge in [-0.05, 0) is 48.5 Å². The van der Waals surface area contributed by atoms with E-state index in [4.69, 9.17) is 77.0 Å². The van der Waals surface area contributed by atoms with Crippen LogP contribution in [0.1, 0.15) is 41.4 Å². The Hall–Kier alpha value is -4.77. The molecule has 0 unspecified atom stereocenters. The predicted octanol–water partition coefficient (Wildman–Crippen LogP) is 9.81. The molecule has 0 saturated carbocycles. The number of benzene rings is 5. The third-order valence-electron chi connectivity index (χ3n) is 6.91. The molecule has 5 aromatic carbocycles. The van der Waals surface area contributed by atoms with Gasteiger partial charge in [0.05, 0.1) is 37.3 Å². The van der Waals surface area contributed by atoms with Crippen molar-refractivity contribution < 1.29 is 43.2 Å². The minimum atomic E-state index is -1.31. The van der Waals surface area contributed by atoms with Crippen LogP contribution < -0.4 is 0 Å². The van der Waals surface area contributed by atoms with Crippen molar-refractivity contribution in [3.05, 3.63) is 169 Å². The fraction of sp³-hybridized carbons (Fsp3) is 0.105. The molecule has 268 valence electrons. The number of halogens is 5. The third kappa shape index (κ3) is 11.1. The summed E-state index contributed by atoms with van der Waals surface area (Å²) in [7, 11) is 0. The van der Waals surface area contributed by atoms with Gasteiger partial charge in [0.25, 0.3) is 0 Å². The molecule has 5 aromatic rings. The molecule has 0 spiro atoms. The summed E-state index contributed by atoms with van der Waals surface area (Å²) >= 11 is 27.9. The summed E-state index contributed by atoms with van der Waals surface area (Å²) in [5.74, 6) is -3.18. The van der Waals surface area contributed by atoms with Crippen LogP contribution in [0, 0.1) is 0 Å². The Bertz CT molecular complexity index is 1760. The van der Waals surface area contributed by atoms with Crippen LogP contribution in [-0.4, -0.2) is 54.4 Å². The van der Waals surface area contributed by atoms with Gasteiger partial charge < -0.3 is 24.1 Å². The lowest BCUT2D eigenvalue weighted by molar-refractivity contribution is -0.0752. The van der Waals surface area contributed by atoms with E-state index in [1.165, 1.54) is 0 Å². The first-order valence-corrected chi connectivity index (χ1v) is 17.0. The highest BCUT2D eigenvalue weighted by Crippen LogP contribution is 2.47. The number of ether oxygens (including phenoxy) is 4. The Kier molecular flexibility index (Phi) is 15.2. The van der Waals surface area contributed by atoms with Crippen molar-refractivity contribution in [2.45, 2.75) is 12.2 Å². The van der Waals surface area contributed by atoms with Gasteiger partial charge in [-0.3, -0.25) is 0 Å². The van der Waals surface area contributed by atoms with Crippen LogP contribution >= 0.6 is 58.0 Å². The molecule has 0 amide bonds. The normalized spacial score (nSPS) is 11.6. The molecular weight excluding hydrogens is 778 g/mol. The Morgan fingerprint density at radius 3 is 0.962 bits per heavy atom. The van der Waals surface area contributed by atoms with Crippen molar-refractivity contribution in [1.82, 2.24) is 0 Å². The van der Waals surface area contributed by atoms with Crippen LogP contribution in [0.3, 0.4) is 0 Å². The predicted molar refractivity (Wildman–Crippen MR) is 198 cm³/mol. The first-order chi connectivity index (χ1) is 25.0. The molecule has 9 nitrogen and oxygen atoms in total. The Labute approximate surface area is 323 Å². The van der Waals surface area contributed by atoms with E-state index in [0.29, 0.717) is 0 Å². The van der Waals surface area contributed by atoms with Gasteiger partial charge in [-0.25, -0.2) is 19.2 Å². The highest BCUT2D eigenvalue weighted by Gasteiger charge is 2.33. The molecule has 0 aliphatic heterocycles. The van der Waals surface area contributed by atoms with Crippen LogP contribution in [0.15, 0.2) is 121 Å². The number of phenolic OH excluding ortho intramolecular Hbond substituents is 1. The van der Waals surface area contributed by atoms with E-state index >= 15 is 0 Å². The number of phenols is 1. The highest BCUT2D eigenvalue weighted by molar-refractivity contribution is 6.55. The van der Waals surface area contributed by atoms with Gasteiger partial charge in [0.2, 0.25) is 0 Å². The maximum absolute atomic E-state index is 13.0. The van der Waals surface area contributed by atoms with E-state index in [0.717, 1.165) is 0 Å². The Balaban J connectivity index is 0.000000427. The zero-order valence-corrected chi connectivity index (χ0v) is 30.5. The smallest absolute Gasteiger partial charge is 0.338 e. The first-order valence-electron chi connectivity index (χ1n) is 15.1. The molecule has 0 fully saturated rings. The van der Waals surface area contributed by atoms with Crippen molar-refractivity contribution in [2.24, 2.45) is 0 Å². The average Bonchev–Trinajstić information content (AvgIpc) is 3.19. The molecule has 0 saturated heterocycles. The summed E-state index contributed by atoms with van der Waals surface area (Å²) in [6, 6.07) is 32.8. The summed E-state index contributed by atoms with van der Waals surface area (Å²) in [6.07, 6.45) is -2.62. The molecule has 0 bridgehead atoms. The van der Waals surface area contributed by atoms with Crippen molar-refractivity contribution >= 4 is 81.9 Å². The maximum Gasteiger partial charge on any atom is 0.338 e. The van der Waals surface area contributed by atoms with Crippen LogP contribution in [0.25, 0.3) is 0 Å². The molecule has 0 radical (unpaired) electrons. The van der Waals surface area contributed by atoms with Crippen molar-refractivity contribution in [3.63, 3.8) is 0 Å². The third-order valence-corrected chi connectivity index (χ3v) is 9.17. The number of carbonyl (C=O) groups excluding carboxylic acids is 4. The number of carbonyl (C=O) groups is 4. The number of aromatic hydroxyl groups is 1. The zero-order chi connectivity index (χ0) is 37.6. The molecule has 0 heterocycles. The molecule has 0 aliphatic carbocycles. The van der Waals surface area contributed by atoms with Gasteiger partial charge in [-0.1, -0.05) is 131 Å². The summed E-state index contributed by atoms with van der Waals surface area (Å²) in [5, 5.41) is 9.01. The second kappa shape index (κ2) is 19.7. The van der Waals surface area contributed by atoms with Crippen molar-refractivity contribution in [3.8, 4) is 5.75 Å². The van der Waals surface area contributed by atoms with Crippen molar-refractivity contribution in [1.29, 1.82) is 0 Å². The van der Waals surface area contributed by atoms with Gasteiger partial charge in [-0.2, -0.15) is 0 Å². The van der Waals surface area contributed by atoms with Crippen molar-refractivity contribution in [2.75, 3.05) is 13.2 Å². The van der Waals surface area contributed by atoms with Gasteiger partial charge in [0.15, 0.2) is 18.0 Å². The van der Waals surface area contributed by atoms with E-state index in [9.17, 15) is 24.3 Å². The molecule has 1 N–H and O–H groups in total. The number of esters is 4. The lowest BCUT2D eigenvalue weighted by atomic mass is 10.1. The van der Waals surface area contributed by atoms with Gasteiger partial charge in [0.1, 0.15) is 23.3 Å². The van der Waals surface area contributed by atoms with Crippen LogP contribution in [0.4, 0.5) is 0 Å². The van der Waals surface area contributed by atoms with E-state index in [-0.39, 0.29) is 53.1 Å². The lowest BCUT2D eigenvalue weighted by Gasteiger charge is -2.26. The fourth-order valence-corrected chi connectivity index (χ4v) is 5.35. The monoisotopic (exact) mass is 802 g/mol. The fourth-order valence-electron chi connectivity index (χ4n) is 4.22. The number of hydrogen-bond acceptors (Lipinski definition) is 9. The maximum atomic E-state index is 13.0. The SMILES string of the molecule is O=C(OC[C@H](OC(=O)c1ccccc1)[C@@H](COC(=O)c1ccccc1)OC(=O)c1ccccc1)c1ccccc1.Oc1c(Cl)c(Cl)c(Cl)c(Cl)c1Cl. The highest BCUT2D eigenvalue weighted by atomic mass is 35.5. The van der Waals surface area contributed by atoms with Gasteiger partial charge in [0, 0.05) is 0 Å². The quantitative estimate of drug-likeness (QED) is 0.0601. The Morgan fingerprint density at radius 1 is 0.423 bits per heavy atom. The largest absolute Gasteiger partial charge is 0.505 e. The van der Waals surface area contributed by atoms with E-state index < -0.39 is 49.3 Å². The topological polar surface area (TPSA) is 125 Å². The molecule has 14 heteroatoms. The second-order valence-electron chi connectivity index (χ2n) is 10.5. The molecular formula is C38H27Cl5O9. The minimum absolute atomic E-state index is 0.00904. The molecule has 0 aliphatic rings. The van der Waals surface area contributed by atoms with E-state index in [1.807, 2.05) is 0 Å². The van der Waals surface area contributed by atoms with Gasteiger partial charge in [-0.15, -0.1) is 0 Å². The summed E-state index contributed by atoms with van der Waals surface area (Å²) in [4.78, 5) is 51.3. The Morgan fingerprint density at radius 2 is 0.673 bits per heavy atom. The summed E-state index contributed by atoms with van der Waals surface area (Å²) in [6.45, 7) is -0.941.